The summed E-state index contributed by atoms with van der Waals surface area (Å²) in [4.78, 5) is 5.19. The second kappa shape index (κ2) is 26.6. The van der Waals surface area contributed by atoms with E-state index in [4.69, 9.17) is 23.2 Å². The summed E-state index contributed by atoms with van der Waals surface area (Å²) in [5, 5.41) is 1.64. The van der Waals surface area contributed by atoms with E-state index in [9.17, 15) is 0 Å². The lowest BCUT2D eigenvalue weighted by Crippen LogP contribution is -2.30. The maximum absolute atomic E-state index is 6.77. The SMILES string of the molecule is CCCCCCCCCCCCN1C(=CC=C2CCC(CCC3=[N+](CCCCCCCCCCCC)c4ccc(Cl)cc4C3(C)C)=C2N(c2ccccc2)c2ccccc2)C(C)(C)c2cc(Cl)ccc21. The Morgan fingerprint density at radius 2 is 1.06 bits per heavy atom. The number of allylic oxidation sites excluding steroid dienone is 5. The highest BCUT2D eigenvalue weighted by Gasteiger charge is 2.45. The van der Waals surface area contributed by atoms with Gasteiger partial charge < -0.3 is 9.80 Å². The van der Waals surface area contributed by atoms with Crippen LogP contribution in [0, 0.1) is 0 Å². The normalized spacial score (nSPS) is 17.1. The highest BCUT2D eigenvalue weighted by Crippen LogP contribution is 2.50. The van der Waals surface area contributed by atoms with Crippen LogP contribution in [0.15, 0.2) is 132 Å². The lowest BCUT2D eigenvalue weighted by molar-refractivity contribution is -0.440. The number of hydrogen-bond donors (Lipinski definition) is 0. The van der Waals surface area contributed by atoms with Gasteiger partial charge in [0.15, 0.2) is 5.71 Å². The summed E-state index contributed by atoms with van der Waals surface area (Å²) >= 11 is 13.5. The van der Waals surface area contributed by atoms with Gasteiger partial charge in [0.25, 0.3) is 0 Å². The third-order valence-electron chi connectivity index (χ3n) is 16.0. The molecular weight excluding hydrogens is 894 g/mol. The van der Waals surface area contributed by atoms with Crippen molar-refractivity contribution in [3.8, 4) is 0 Å². The van der Waals surface area contributed by atoms with Crippen LogP contribution in [0.4, 0.5) is 22.7 Å². The molecule has 4 aromatic rings. The summed E-state index contributed by atoms with van der Waals surface area (Å²) in [6.45, 7) is 16.4. The topological polar surface area (TPSA) is 9.49 Å². The highest BCUT2D eigenvalue weighted by molar-refractivity contribution is 6.31. The van der Waals surface area contributed by atoms with Gasteiger partial charge in [-0.15, -0.1) is 0 Å². The molecule has 4 aromatic carbocycles. The standard InChI is InChI=1S/C65H88Cl2N3/c1-7-9-11-13-15-17-19-21-23-31-47-68-59-43-41-53(66)49-57(59)64(3,4)61(68)45-39-51-37-38-52(63(51)70(55-33-27-25-28-34-55)56-35-29-26-30-36-56)40-46-62-65(5,6)58-50-54(67)42-44-60(58)69(62)48-32-24-22-20-18-16-14-12-10-8-2/h25-30,33-36,39,41-45,49-50H,7-24,31-32,37-38,40,46-48H2,1-6H3/q+1. The first-order valence-corrected chi connectivity index (χ1v) is 28.9. The fourth-order valence-electron chi connectivity index (χ4n) is 12.0. The molecule has 0 saturated heterocycles. The Morgan fingerprint density at radius 1 is 0.543 bits per heavy atom. The first-order chi connectivity index (χ1) is 34.1. The number of rotatable bonds is 29. The molecule has 0 spiro atoms. The Balaban J connectivity index is 1.19. The van der Waals surface area contributed by atoms with Crippen molar-refractivity contribution in [3.05, 3.63) is 153 Å². The van der Waals surface area contributed by atoms with Crippen molar-refractivity contribution in [1.29, 1.82) is 0 Å². The van der Waals surface area contributed by atoms with Gasteiger partial charge in [-0.05, 0) is 123 Å². The van der Waals surface area contributed by atoms with E-state index in [1.54, 1.807) is 0 Å². The van der Waals surface area contributed by atoms with Crippen LogP contribution in [0.2, 0.25) is 10.0 Å². The maximum Gasteiger partial charge on any atom is 0.209 e. The molecule has 5 heteroatoms. The molecule has 70 heavy (non-hydrogen) atoms. The van der Waals surface area contributed by atoms with Crippen LogP contribution in [0.1, 0.15) is 207 Å². The molecule has 3 nitrogen and oxygen atoms in total. The summed E-state index contributed by atoms with van der Waals surface area (Å²) in [5.74, 6) is 0. The van der Waals surface area contributed by atoms with E-state index in [0.29, 0.717) is 0 Å². The lowest BCUT2D eigenvalue weighted by Gasteiger charge is -2.30. The Morgan fingerprint density at radius 3 is 1.63 bits per heavy atom. The van der Waals surface area contributed by atoms with Gasteiger partial charge in [0, 0.05) is 74.9 Å². The highest BCUT2D eigenvalue weighted by atomic mass is 35.5. The van der Waals surface area contributed by atoms with Gasteiger partial charge in [-0.3, -0.25) is 0 Å². The molecule has 0 atom stereocenters. The molecule has 7 rings (SSSR count). The molecule has 376 valence electrons. The zero-order valence-corrected chi connectivity index (χ0v) is 45.9. The molecule has 0 bridgehead atoms. The predicted octanol–water partition coefficient (Wildman–Crippen LogP) is 20.5. The number of benzene rings is 4. The van der Waals surface area contributed by atoms with Crippen molar-refractivity contribution in [3.63, 3.8) is 0 Å². The lowest BCUT2D eigenvalue weighted by atomic mass is 9.79. The minimum Gasteiger partial charge on any atom is -0.344 e. The van der Waals surface area contributed by atoms with Crippen molar-refractivity contribution < 1.29 is 4.58 Å². The van der Waals surface area contributed by atoms with Gasteiger partial charge in [0.05, 0.1) is 5.41 Å². The van der Waals surface area contributed by atoms with Crippen LogP contribution in [-0.2, 0) is 10.8 Å². The molecule has 0 saturated carbocycles. The van der Waals surface area contributed by atoms with Gasteiger partial charge >= 0.3 is 0 Å². The van der Waals surface area contributed by atoms with Gasteiger partial charge in [-0.2, -0.15) is 4.58 Å². The smallest absolute Gasteiger partial charge is 0.209 e. The van der Waals surface area contributed by atoms with E-state index in [1.807, 2.05) is 0 Å². The molecule has 3 aliphatic rings. The summed E-state index contributed by atoms with van der Waals surface area (Å²) in [7, 11) is 0. The van der Waals surface area contributed by atoms with E-state index < -0.39 is 0 Å². The number of unbranched alkanes of at least 4 members (excludes halogenated alkanes) is 18. The first kappa shape index (κ1) is 53.7. The van der Waals surface area contributed by atoms with Crippen LogP contribution in [-0.4, -0.2) is 23.4 Å². The molecule has 0 aromatic heterocycles. The Labute approximate surface area is 436 Å². The summed E-state index contributed by atoms with van der Waals surface area (Å²) in [5.41, 5.74) is 14.7. The van der Waals surface area contributed by atoms with E-state index in [0.717, 1.165) is 48.8 Å². The Kier molecular flexibility index (Phi) is 20.4. The summed E-state index contributed by atoms with van der Waals surface area (Å²) in [6.07, 6.45) is 35.9. The molecule has 2 aliphatic heterocycles. The van der Waals surface area contributed by atoms with Crippen molar-refractivity contribution in [1.82, 2.24) is 0 Å². The molecule has 2 heterocycles. The fourth-order valence-corrected chi connectivity index (χ4v) is 12.3. The summed E-state index contributed by atoms with van der Waals surface area (Å²) in [6, 6.07) is 35.4. The van der Waals surface area contributed by atoms with Gasteiger partial charge in [0.1, 0.15) is 6.54 Å². The first-order valence-electron chi connectivity index (χ1n) is 28.1. The zero-order chi connectivity index (χ0) is 49.4. The Hall–Kier alpha value is -4.05. The van der Waals surface area contributed by atoms with E-state index in [-0.39, 0.29) is 10.8 Å². The number of fused-ring (bicyclic) bond motifs is 2. The third kappa shape index (κ3) is 13.5. The van der Waals surface area contributed by atoms with Crippen LogP contribution in [0.3, 0.4) is 0 Å². The predicted molar refractivity (Wildman–Crippen MR) is 306 cm³/mol. The van der Waals surface area contributed by atoms with Crippen molar-refractivity contribution >= 4 is 51.7 Å². The van der Waals surface area contributed by atoms with Gasteiger partial charge in [-0.1, -0.05) is 203 Å². The molecular formula is C65H88Cl2N3+. The molecule has 0 amide bonds. The van der Waals surface area contributed by atoms with Crippen LogP contribution < -0.4 is 9.80 Å². The van der Waals surface area contributed by atoms with E-state index in [1.165, 1.54) is 191 Å². The maximum atomic E-state index is 6.77. The average molecular weight is 982 g/mol. The second-order valence-electron chi connectivity index (χ2n) is 21.9. The zero-order valence-electron chi connectivity index (χ0n) is 44.4. The number of hydrogen-bond acceptors (Lipinski definition) is 2. The number of para-hydroxylation sites is 2. The minimum absolute atomic E-state index is 0.108. The molecule has 0 unspecified atom stereocenters. The molecule has 0 radical (unpaired) electrons. The largest absolute Gasteiger partial charge is 0.344 e. The number of halogens is 2. The molecule has 0 N–H and O–H groups in total. The quantitative estimate of drug-likeness (QED) is 0.0396. The molecule has 1 aliphatic carbocycles. The fraction of sp³-hybridized carbons (Fsp3) is 0.523. The number of anilines is 3. The van der Waals surface area contributed by atoms with Gasteiger partial charge in [-0.25, -0.2) is 0 Å². The minimum atomic E-state index is -0.181. The Bertz CT molecular complexity index is 2360. The second-order valence-corrected chi connectivity index (χ2v) is 22.8. The number of nitrogens with zero attached hydrogens (tertiary/aromatic N) is 3. The van der Waals surface area contributed by atoms with Crippen molar-refractivity contribution in [2.24, 2.45) is 0 Å². The van der Waals surface area contributed by atoms with Crippen molar-refractivity contribution in [2.75, 3.05) is 22.9 Å². The van der Waals surface area contributed by atoms with E-state index in [2.05, 4.69) is 165 Å². The molecule has 0 fully saturated rings. The monoisotopic (exact) mass is 981 g/mol. The van der Waals surface area contributed by atoms with Crippen molar-refractivity contribution in [2.45, 2.75) is 206 Å². The third-order valence-corrected chi connectivity index (χ3v) is 16.5. The van der Waals surface area contributed by atoms with Gasteiger partial charge in [0.2, 0.25) is 5.69 Å². The van der Waals surface area contributed by atoms with Crippen LogP contribution in [0.5, 0.6) is 0 Å². The summed E-state index contributed by atoms with van der Waals surface area (Å²) < 4.78 is 2.70. The van der Waals surface area contributed by atoms with E-state index >= 15 is 0 Å². The van der Waals surface area contributed by atoms with Crippen LogP contribution >= 0.6 is 23.2 Å². The van der Waals surface area contributed by atoms with Crippen LogP contribution in [0.25, 0.3) is 0 Å². The average Bonchev–Trinajstić information content (AvgIpc) is 3.92.